The van der Waals surface area contributed by atoms with Crippen molar-refractivity contribution in [2.45, 2.75) is 63.8 Å². The van der Waals surface area contributed by atoms with Gasteiger partial charge in [-0.15, -0.1) is 0 Å². The fourth-order valence-corrected chi connectivity index (χ4v) is 4.22. The van der Waals surface area contributed by atoms with Crippen LogP contribution < -0.4 is 5.32 Å². The summed E-state index contributed by atoms with van der Waals surface area (Å²) in [5.74, 6) is 2.37. The Kier molecular flexibility index (Phi) is 6.24. The van der Waals surface area contributed by atoms with Gasteiger partial charge in [0.15, 0.2) is 0 Å². The Labute approximate surface area is 121 Å². The molecular weight excluding hydrogens is 254 g/mol. The number of imidazole rings is 1. The molecule has 0 aromatic carbocycles. The summed E-state index contributed by atoms with van der Waals surface area (Å²) in [6, 6.07) is 0.400. The molecule has 1 aromatic rings. The minimum Gasteiger partial charge on any atom is -0.334 e. The predicted octanol–water partition coefficient (Wildman–Crippen LogP) is 3.62. The van der Waals surface area contributed by atoms with Crippen molar-refractivity contribution in [2.75, 3.05) is 12.3 Å². The molecule has 0 amide bonds. The lowest BCUT2D eigenvalue weighted by molar-refractivity contribution is 0.526. The van der Waals surface area contributed by atoms with Gasteiger partial charge in [0, 0.05) is 29.9 Å². The van der Waals surface area contributed by atoms with Crippen LogP contribution in [-0.4, -0.2) is 27.1 Å². The lowest BCUT2D eigenvalue weighted by Gasteiger charge is -2.20. The molecule has 1 saturated carbocycles. The first kappa shape index (κ1) is 14.9. The Morgan fingerprint density at radius 2 is 2.21 bits per heavy atom. The van der Waals surface area contributed by atoms with Gasteiger partial charge in [0.05, 0.1) is 6.04 Å². The summed E-state index contributed by atoms with van der Waals surface area (Å²) < 4.78 is 2.31. The summed E-state index contributed by atoms with van der Waals surface area (Å²) in [6.07, 6.45) is 10.9. The second kappa shape index (κ2) is 7.95. The summed E-state index contributed by atoms with van der Waals surface area (Å²) in [6.45, 7) is 6.49. The van der Waals surface area contributed by atoms with Gasteiger partial charge in [0.2, 0.25) is 0 Å². The minimum absolute atomic E-state index is 0.400. The third-order valence-corrected chi connectivity index (χ3v) is 5.24. The summed E-state index contributed by atoms with van der Waals surface area (Å²) >= 11 is 2.14. The minimum atomic E-state index is 0.400. The van der Waals surface area contributed by atoms with Gasteiger partial charge in [-0.25, -0.2) is 4.98 Å². The largest absolute Gasteiger partial charge is 0.334 e. The van der Waals surface area contributed by atoms with Crippen LogP contribution in [0.15, 0.2) is 12.4 Å². The molecule has 0 aliphatic heterocycles. The molecule has 1 unspecified atom stereocenters. The van der Waals surface area contributed by atoms with E-state index in [9.17, 15) is 0 Å². The van der Waals surface area contributed by atoms with Crippen LogP contribution in [0.5, 0.6) is 0 Å². The number of aryl methyl sites for hydroxylation is 1. The molecule has 108 valence electrons. The van der Waals surface area contributed by atoms with Crippen molar-refractivity contribution in [3.63, 3.8) is 0 Å². The standard InChI is InChI=1S/C15H27N3S/c1-3-10-18-11-9-17-15(18)14(16-4-2)12-19-13-7-5-6-8-13/h9,11,13-14,16H,3-8,10,12H2,1-2H3. The van der Waals surface area contributed by atoms with Crippen molar-refractivity contribution in [1.29, 1.82) is 0 Å². The van der Waals surface area contributed by atoms with E-state index >= 15 is 0 Å². The van der Waals surface area contributed by atoms with Crippen molar-refractivity contribution < 1.29 is 0 Å². The van der Waals surface area contributed by atoms with Crippen molar-refractivity contribution in [2.24, 2.45) is 0 Å². The number of thioether (sulfide) groups is 1. The Balaban J connectivity index is 1.95. The molecule has 1 aliphatic rings. The highest BCUT2D eigenvalue weighted by atomic mass is 32.2. The van der Waals surface area contributed by atoms with Gasteiger partial charge in [0.1, 0.15) is 5.82 Å². The maximum atomic E-state index is 4.59. The molecule has 0 bridgehead atoms. The zero-order valence-corrected chi connectivity index (χ0v) is 13.1. The Morgan fingerprint density at radius 1 is 1.42 bits per heavy atom. The number of aromatic nitrogens is 2. The van der Waals surface area contributed by atoms with Crippen LogP contribution in [0.3, 0.4) is 0 Å². The van der Waals surface area contributed by atoms with Gasteiger partial charge >= 0.3 is 0 Å². The third kappa shape index (κ3) is 4.25. The smallest absolute Gasteiger partial charge is 0.126 e. The van der Waals surface area contributed by atoms with Crippen molar-refractivity contribution in [3.8, 4) is 0 Å². The molecule has 1 aliphatic carbocycles. The molecule has 1 aromatic heterocycles. The molecule has 1 N–H and O–H groups in total. The Morgan fingerprint density at radius 3 is 2.89 bits per heavy atom. The zero-order chi connectivity index (χ0) is 13.5. The maximum absolute atomic E-state index is 4.59. The molecule has 3 nitrogen and oxygen atoms in total. The van der Waals surface area contributed by atoms with Gasteiger partial charge in [-0.05, 0) is 25.8 Å². The molecule has 1 heterocycles. The van der Waals surface area contributed by atoms with E-state index < -0.39 is 0 Å². The van der Waals surface area contributed by atoms with E-state index in [2.05, 4.69) is 46.7 Å². The average Bonchev–Trinajstić information content (AvgIpc) is 3.06. The number of rotatable bonds is 8. The normalized spacial score (nSPS) is 18.0. The molecule has 2 rings (SSSR count). The first-order chi connectivity index (χ1) is 9.35. The van der Waals surface area contributed by atoms with E-state index in [0.29, 0.717) is 6.04 Å². The SMILES string of the molecule is CCCn1ccnc1C(CSC1CCCC1)NCC. The first-order valence-electron chi connectivity index (χ1n) is 7.71. The van der Waals surface area contributed by atoms with Crippen LogP contribution in [0.1, 0.15) is 57.8 Å². The van der Waals surface area contributed by atoms with Crippen LogP contribution in [0.4, 0.5) is 0 Å². The molecule has 1 atom stereocenters. The fourth-order valence-electron chi connectivity index (χ4n) is 2.82. The molecule has 1 fully saturated rings. The van der Waals surface area contributed by atoms with Gasteiger partial charge < -0.3 is 9.88 Å². The Bertz CT molecular complexity index is 358. The number of nitrogens with one attached hydrogen (secondary N) is 1. The van der Waals surface area contributed by atoms with Crippen LogP contribution in [0.2, 0.25) is 0 Å². The highest BCUT2D eigenvalue weighted by Gasteiger charge is 2.20. The second-order valence-corrected chi connectivity index (χ2v) is 6.66. The second-order valence-electron chi connectivity index (χ2n) is 5.33. The van der Waals surface area contributed by atoms with Crippen molar-refractivity contribution >= 4 is 11.8 Å². The highest BCUT2D eigenvalue weighted by Crippen LogP contribution is 2.31. The average molecular weight is 281 g/mol. The van der Waals surface area contributed by atoms with Crippen LogP contribution in [-0.2, 0) is 6.54 Å². The lowest BCUT2D eigenvalue weighted by atomic mass is 10.3. The fraction of sp³-hybridized carbons (Fsp3) is 0.800. The van der Waals surface area contributed by atoms with E-state index in [1.807, 2.05) is 6.20 Å². The number of hydrogen-bond donors (Lipinski definition) is 1. The topological polar surface area (TPSA) is 29.9 Å². The molecular formula is C15H27N3S. The molecule has 0 saturated heterocycles. The summed E-state index contributed by atoms with van der Waals surface area (Å²) in [4.78, 5) is 4.59. The first-order valence-corrected chi connectivity index (χ1v) is 8.76. The van der Waals surface area contributed by atoms with Crippen molar-refractivity contribution in [1.82, 2.24) is 14.9 Å². The van der Waals surface area contributed by atoms with Crippen molar-refractivity contribution in [3.05, 3.63) is 18.2 Å². The van der Waals surface area contributed by atoms with Gasteiger partial charge in [-0.3, -0.25) is 0 Å². The van der Waals surface area contributed by atoms with Crippen LogP contribution >= 0.6 is 11.8 Å². The van der Waals surface area contributed by atoms with Gasteiger partial charge in [-0.2, -0.15) is 11.8 Å². The monoisotopic (exact) mass is 281 g/mol. The molecule has 0 spiro atoms. The van der Waals surface area contributed by atoms with E-state index in [0.717, 1.165) is 30.5 Å². The number of hydrogen-bond acceptors (Lipinski definition) is 3. The summed E-state index contributed by atoms with van der Waals surface area (Å²) in [5, 5.41) is 4.49. The summed E-state index contributed by atoms with van der Waals surface area (Å²) in [5.41, 5.74) is 0. The lowest BCUT2D eigenvalue weighted by Crippen LogP contribution is -2.27. The zero-order valence-electron chi connectivity index (χ0n) is 12.3. The van der Waals surface area contributed by atoms with Gasteiger partial charge in [0.25, 0.3) is 0 Å². The maximum Gasteiger partial charge on any atom is 0.126 e. The summed E-state index contributed by atoms with van der Waals surface area (Å²) in [7, 11) is 0. The van der Waals surface area contributed by atoms with E-state index in [1.54, 1.807) is 0 Å². The molecule has 19 heavy (non-hydrogen) atoms. The third-order valence-electron chi connectivity index (χ3n) is 3.78. The highest BCUT2D eigenvalue weighted by molar-refractivity contribution is 7.99. The van der Waals surface area contributed by atoms with Crippen LogP contribution in [0, 0.1) is 0 Å². The quantitative estimate of drug-likeness (QED) is 0.789. The van der Waals surface area contributed by atoms with E-state index in [1.165, 1.54) is 31.5 Å². The van der Waals surface area contributed by atoms with E-state index in [4.69, 9.17) is 0 Å². The Hall–Kier alpha value is -0.480. The van der Waals surface area contributed by atoms with E-state index in [-0.39, 0.29) is 0 Å². The van der Waals surface area contributed by atoms with Gasteiger partial charge in [-0.1, -0.05) is 26.7 Å². The molecule has 4 heteroatoms. The molecule has 0 radical (unpaired) electrons. The van der Waals surface area contributed by atoms with Crippen LogP contribution in [0.25, 0.3) is 0 Å². The predicted molar refractivity (Wildman–Crippen MR) is 83.6 cm³/mol. The number of nitrogens with zero attached hydrogens (tertiary/aromatic N) is 2.